The Morgan fingerprint density at radius 3 is 2.33 bits per heavy atom. The van der Waals surface area contributed by atoms with Crippen LogP contribution in [0.3, 0.4) is 0 Å². The van der Waals surface area contributed by atoms with Crippen molar-refractivity contribution >= 4 is 11.9 Å². The van der Waals surface area contributed by atoms with Crippen molar-refractivity contribution in [3.63, 3.8) is 0 Å². The van der Waals surface area contributed by atoms with Gasteiger partial charge in [-0.3, -0.25) is 9.59 Å². The number of carboxylic acids is 1. The summed E-state index contributed by atoms with van der Waals surface area (Å²) in [6.45, 7) is 5.75. The Labute approximate surface area is 90.6 Å². The third-order valence-corrected chi connectivity index (χ3v) is 2.47. The normalized spacial score (nSPS) is 14.3. The predicted octanol–water partition coefficient (Wildman–Crippen LogP) is 2.08. The zero-order valence-electron chi connectivity index (χ0n) is 9.66. The Kier molecular flexibility index (Phi) is 6.75. The summed E-state index contributed by atoms with van der Waals surface area (Å²) in [6.07, 6.45) is 2.22. The van der Waals surface area contributed by atoms with Gasteiger partial charge in [-0.25, -0.2) is 0 Å². The van der Waals surface area contributed by atoms with Crippen LogP contribution in [0, 0.1) is 11.8 Å². The van der Waals surface area contributed by atoms with E-state index in [-0.39, 0.29) is 0 Å². The molecule has 0 amide bonds. The SMILES string of the molecule is CCCCOC(=O)C(C)C(CC)C(=O)O. The summed E-state index contributed by atoms with van der Waals surface area (Å²) >= 11 is 0. The first-order chi connectivity index (χ1) is 7.04. The van der Waals surface area contributed by atoms with Crippen molar-refractivity contribution in [2.45, 2.75) is 40.0 Å². The van der Waals surface area contributed by atoms with E-state index < -0.39 is 23.8 Å². The highest BCUT2D eigenvalue weighted by Gasteiger charge is 2.29. The number of unbranched alkanes of at least 4 members (excludes halogenated alkanes) is 1. The zero-order chi connectivity index (χ0) is 11.8. The van der Waals surface area contributed by atoms with Gasteiger partial charge in [-0.2, -0.15) is 0 Å². The Bertz CT molecular complexity index is 213. The lowest BCUT2D eigenvalue weighted by atomic mass is 9.92. The summed E-state index contributed by atoms with van der Waals surface area (Å²) in [4.78, 5) is 22.2. The fourth-order valence-corrected chi connectivity index (χ4v) is 1.35. The highest BCUT2D eigenvalue weighted by molar-refractivity contribution is 5.80. The van der Waals surface area contributed by atoms with Crippen molar-refractivity contribution in [1.29, 1.82) is 0 Å². The van der Waals surface area contributed by atoms with Gasteiger partial charge in [0.25, 0.3) is 0 Å². The van der Waals surface area contributed by atoms with E-state index in [1.165, 1.54) is 0 Å². The van der Waals surface area contributed by atoms with Crippen LogP contribution >= 0.6 is 0 Å². The van der Waals surface area contributed by atoms with E-state index in [4.69, 9.17) is 9.84 Å². The maximum atomic E-state index is 11.4. The molecule has 0 bridgehead atoms. The summed E-state index contributed by atoms with van der Waals surface area (Å²) in [7, 11) is 0. The lowest BCUT2D eigenvalue weighted by molar-refractivity contribution is -0.157. The summed E-state index contributed by atoms with van der Waals surface area (Å²) in [6, 6.07) is 0. The second-order valence-corrected chi connectivity index (χ2v) is 3.66. The van der Waals surface area contributed by atoms with Crippen LogP contribution in [0.4, 0.5) is 0 Å². The molecule has 0 aromatic rings. The molecule has 0 aromatic heterocycles. The number of esters is 1. The summed E-state index contributed by atoms with van der Waals surface area (Å²) in [5, 5.41) is 8.86. The topological polar surface area (TPSA) is 63.6 Å². The van der Waals surface area contributed by atoms with E-state index in [1.807, 2.05) is 6.92 Å². The second kappa shape index (κ2) is 7.26. The molecule has 0 fully saturated rings. The molecule has 0 aliphatic heterocycles. The van der Waals surface area contributed by atoms with E-state index in [2.05, 4.69) is 0 Å². The van der Waals surface area contributed by atoms with Gasteiger partial charge in [-0.1, -0.05) is 27.2 Å². The van der Waals surface area contributed by atoms with Crippen molar-refractivity contribution < 1.29 is 19.4 Å². The van der Waals surface area contributed by atoms with Crippen molar-refractivity contribution in [2.75, 3.05) is 6.61 Å². The minimum Gasteiger partial charge on any atom is -0.481 e. The van der Waals surface area contributed by atoms with Crippen LogP contribution in [-0.4, -0.2) is 23.7 Å². The largest absolute Gasteiger partial charge is 0.481 e. The van der Waals surface area contributed by atoms with E-state index in [1.54, 1.807) is 13.8 Å². The highest BCUT2D eigenvalue weighted by atomic mass is 16.5. The van der Waals surface area contributed by atoms with Crippen molar-refractivity contribution in [2.24, 2.45) is 11.8 Å². The molecule has 0 aliphatic carbocycles. The van der Waals surface area contributed by atoms with Crippen LogP contribution in [0.1, 0.15) is 40.0 Å². The first-order valence-corrected chi connectivity index (χ1v) is 5.44. The van der Waals surface area contributed by atoms with Gasteiger partial charge >= 0.3 is 11.9 Å². The lowest BCUT2D eigenvalue weighted by Crippen LogP contribution is -2.28. The summed E-state index contributed by atoms with van der Waals surface area (Å²) < 4.78 is 4.97. The fraction of sp³-hybridized carbons (Fsp3) is 0.818. The first kappa shape index (κ1) is 13.9. The average Bonchev–Trinajstić information content (AvgIpc) is 2.18. The molecule has 2 unspecified atom stereocenters. The molecule has 0 spiro atoms. The number of rotatable bonds is 7. The third kappa shape index (κ3) is 4.81. The van der Waals surface area contributed by atoms with Gasteiger partial charge in [-0.15, -0.1) is 0 Å². The molecule has 0 saturated carbocycles. The van der Waals surface area contributed by atoms with Gasteiger partial charge in [0.15, 0.2) is 0 Å². The summed E-state index contributed by atoms with van der Waals surface area (Å²) in [5.41, 5.74) is 0. The van der Waals surface area contributed by atoms with Crippen LogP contribution in [0.5, 0.6) is 0 Å². The van der Waals surface area contributed by atoms with Crippen molar-refractivity contribution in [1.82, 2.24) is 0 Å². The van der Waals surface area contributed by atoms with Gasteiger partial charge in [0.05, 0.1) is 18.4 Å². The molecule has 0 aliphatic rings. The molecule has 2 atom stereocenters. The molecule has 0 rings (SSSR count). The minimum absolute atomic E-state index is 0.385. The Hall–Kier alpha value is -1.06. The molecule has 0 aromatic carbocycles. The van der Waals surface area contributed by atoms with Gasteiger partial charge in [0.1, 0.15) is 0 Å². The van der Waals surface area contributed by atoms with Crippen LogP contribution in [0.2, 0.25) is 0 Å². The highest BCUT2D eigenvalue weighted by Crippen LogP contribution is 2.17. The van der Waals surface area contributed by atoms with Crippen molar-refractivity contribution in [3.05, 3.63) is 0 Å². The minimum atomic E-state index is -0.933. The van der Waals surface area contributed by atoms with E-state index in [0.717, 1.165) is 12.8 Å². The molecular weight excluding hydrogens is 196 g/mol. The number of ether oxygens (including phenoxy) is 1. The Morgan fingerprint density at radius 1 is 1.33 bits per heavy atom. The molecule has 0 heterocycles. The maximum absolute atomic E-state index is 11.4. The van der Waals surface area contributed by atoms with Crippen LogP contribution in [-0.2, 0) is 14.3 Å². The van der Waals surface area contributed by atoms with Crippen molar-refractivity contribution in [3.8, 4) is 0 Å². The average molecular weight is 216 g/mol. The molecule has 15 heavy (non-hydrogen) atoms. The smallest absolute Gasteiger partial charge is 0.309 e. The van der Waals surface area contributed by atoms with Crippen LogP contribution < -0.4 is 0 Å². The fourth-order valence-electron chi connectivity index (χ4n) is 1.35. The Morgan fingerprint density at radius 2 is 1.93 bits per heavy atom. The van der Waals surface area contributed by atoms with Crippen LogP contribution in [0.25, 0.3) is 0 Å². The van der Waals surface area contributed by atoms with E-state index in [0.29, 0.717) is 13.0 Å². The van der Waals surface area contributed by atoms with E-state index in [9.17, 15) is 9.59 Å². The standard InChI is InChI=1S/C11H20O4/c1-4-6-7-15-11(14)8(3)9(5-2)10(12)13/h8-9H,4-7H2,1-3H3,(H,12,13). The monoisotopic (exact) mass is 216 g/mol. The van der Waals surface area contributed by atoms with Crippen LogP contribution in [0.15, 0.2) is 0 Å². The predicted molar refractivity (Wildman–Crippen MR) is 56.4 cm³/mol. The van der Waals surface area contributed by atoms with Gasteiger partial charge < -0.3 is 9.84 Å². The third-order valence-electron chi connectivity index (χ3n) is 2.47. The van der Waals surface area contributed by atoms with Gasteiger partial charge in [-0.05, 0) is 12.8 Å². The number of carboxylic acid groups (broad SMARTS) is 1. The van der Waals surface area contributed by atoms with Gasteiger partial charge in [0.2, 0.25) is 0 Å². The number of carbonyl (C=O) groups excluding carboxylic acids is 1. The molecule has 88 valence electrons. The second-order valence-electron chi connectivity index (χ2n) is 3.66. The molecule has 0 saturated heterocycles. The zero-order valence-corrected chi connectivity index (χ0v) is 9.66. The molecular formula is C11H20O4. The number of hydrogen-bond acceptors (Lipinski definition) is 3. The van der Waals surface area contributed by atoms with Gasteiger partial charge in [0, 0.05) is 0 Å². The quantitative estimate of drug-likeness (QED) is 0.522. The molecule has 4 heteroatoms. The van der Waals surface area contributed by atoms with E-state index >= 15 is 0 Å². The maximum Gasteiger partial charge on any atom is 0.309 e. The number of aliphatic carboxylic acids is 1. The number of carbonyl (C=O) groups is 2. The number of hydrogen-bond donors (Lipinski definition) is 1. The lowest BCUT2D eigenvalue weighted by Gasteiger charge is -2.17. The molecule has 4 nitrogen and oxygen atoms in total. The molecule has 1 N–H and O–H groups in total. The summed E-state index contributed by atoms with van der Waals surface area (Å²) in [5.74, 6) is -2.54. The molecule has 0 radical (unpaired) electrons. The Balaban J connectivity index is 4.10. The first-order valence-electron chi connectivity index (χ1n) is 5.44.